The molecule has 2 unspecified atom stereocenters. The first-order valence-electron chi connectivity index (χ1n) is 11.0. The number of hydrogen-bond acceptors (Lipinski definition) is 1. The van der Waals surface area contributed by atoms with Gasteiger partial charge in [-0.05, 0) is 0 Å². The molecule has 0 aliphatic heterocycles. The Bertz CT molecular complexity index is 1080. The van der Waals surface area contributed by atoms with Gasteiger partial charge in [-0.25, -0.2) is 0 Å². The fourth-order valence-corrected chi connectivity index (χ4v) is 44.5. The van der Waals surface area contributed by atoms with Crippen LogP contribution in [0.1, 0.15) is 56.2 Å². The predicted molar refractivity (Wildman–Crippen MR) is 129 cm³/mol. The number of benzene rings is 2. The second-order valence-electron chi connectivity index (χ2n) is 9.45. The van der Waals surface area contributed by atoms with E-state index in [0.29, 0.717) is 13.7 Å². The third-order valence-corrected chi connectivity index (χ3v) is 55.0. The summed E-state index contributed by atoms with van der Waals surface area (Å²) >= 11 is -4.14. The molecule has 0 bridgehead atoms. The van der Waals surface area contributed by atoms with Crippen molar-refractivity contribution in [2.75, 3.05) is 0 Å². The molecule has 0 spiro atoms. The molecule has 2 aliphatic rings. The van der Waals surface area contributed by atoms with Gasteiger partial charge in [0, 0.05) is 0 Å². The Balaban J connectivity index is 2.06. The molecule has 0 N–H and O–H groups in total. The zero-order chi connectivity index (χ0) is 21.5. The SMILES string of the molecule is CC1=Cc2ccccc2[CH]1[Zr]([Cl])([CH2]CCC=O)([CH]1C(C)=Cc2ccccc21)=[Si](C)C. The average Bonchev–Trinajstić information content (AvgIpc) is 3.24. The minimum atomic E-state index is -4.14. The normalized spacial score (nSPS) is 20.3. The van der Waals surface area contributed by atoms with Gasteiger partial charge in [-0.15, -0.1) is 0 Å². The molecule has 4 heteroatoms. The van der Waals surface area contributed by atoms with Crippen molar-refractivity contribution in [1.82, 2.24) is 0 Å². The van der Waals surface area contributed by atoms with Crippen LogP contribution in [-0.4, -0.2) is 11.7 Å². The first-order chi connectivity index (χ1) is 14.3. The first-order valence-corrected chi connectivity index (χ1v) is 24.9. The topological polar surface area (TPSA) is 17.1 Å². The molecule has 2 aromatic rings. The van der Waals surface area contributed by atoms with Gasteiger partial charge in [0.25, 0.3) is 0 Å². The number of hydrogen-bond donors (Lipinski definition) is 0. The van der Waals surface area contributed by atoms with E-state index in [2.05, 4.69) is 87.6 Å². The van der Waals surface area contributed by atoms with Gasteiger partial charge in [0.2, 0.25) is 0 Å². The molecule has 4 rings (SSSR count). The van der Waals surface area contributed by atoms with Crippen molar-refractivity contribution in [3.63, 3.8) is 0 Å². The second kappa shape index (κ2) is 8.15. The summed E-state index contributed by atoms with van der Waals surface area (Å²) < 4.78 is 1.73. The number of halogens is 1. The van der Waals surface area contributed by atoms with Gasteiger partial charge in [0.15, 0.2) is 0 Å². The summed E-state index contributed by atoms with van der Waals surface area (Å²) in [5, 5.41) is 0. The maximum atomic E-state index is 11.3. The third-order valence-electron chi connectivity index (χ3n) is 7.67. The van der Waals surface area contributed by atoms with Gasteiger partial charge >= 0.3 is 186 Å². The molecular formula is C26H31ClOSiZr. The zero-order valence-corrected chi connectivity index (χ0v) is 22.6. The predicted octanol–water partition coefficient (Wildman–Crippen LogP) is 7.79. The van der Waals surface area contributed by atoms with E-state index in [9.17, 15) is 4.79 Å². The number of allylic oxidation sites excluding steroid dienone is 2. The van der Waals surface area contributed by atoms with Crippen LogP contribution in [0.15, 0.2) is 59.7 Å². The van der Waals surface area contributed by atoms with Gasteiger partial charge in [-0.2, -0.15) is 0 Å². The molecule has 156 valence electrons. The van der Waals surface area contributed by atoms with Crippen molar-refractivity contribution >= 4 is 32.4 Å². The molecule has 0 aromatic heterocycles. The van der Waals surface area contributed by atoms with Gasteiger partial charge in [0.05, 0.1) is 0 Å². The number of carbonyl (C=O) groups is 1. The number of rotatable bonds is 6. The Labute approximate surface area is 185 Å². The van der Waals surface area contributed by atoms with Crippen LogP contribution in [0.4, 0.5) is 0 Å². The van der Waals surface area contributed by atoms with Crippen molar-refractivity contribution in [3.05, 3.63) is 81.9 Å². The van der Waals surface area contributed by atoms with Crippen LogP contribution in [0, 0.1) is 0 Å². The van der Waals surface area contributed by atoms with Crippen molar-refractivity contribution in [3.8, 4) is 0 Å². The molecule has 0 radical (unpaired) electrons. The van der Waals surface area contributed by atoms with Gasteiger partial charge < -0.3 is 0 Å². The molecule has 2 aromatic carbocycles. The number of aldehydes is 1. The molecule has 0 fully saturated rings. The molecule has 2 aliphatic carbocycles. The molecule has 0 saturated heterocycles. The van der Waals surface area contributed by atoms with Crippen molar-refractivity contribution < 1.29 is 21.0 Å². The summed E-state index contributed by atoms with van der Waals surface area (Å²) in [6.07, 6.45) is 7.34. The second-order valence-corrected chi connectivity index (χ2v) is 44.3. The standard InChI is InChI=1S/2C10H9.C4H7O.C2H6Si.ClH.Zr/c2*1-8-6-9-4-2-3-5-10(9)7-8;1-2-3-4-5;1-3-2;;/h2*2-7H,1H3;4H,1-3H2;1-2H3;1H;/q;;;;;+1/p-1. The summed E-state index contributed by atoms with van der Waals surface area (Å²) in [6, 6.07) is 17.7. The van der Waals surface area contributed by atoms with Gasteiger partial charge in [-0.1, -0.05) is 0 Å². The van der Waals surface area contributed by atoms with Crippen LogP contribution < -0.4 is 0 Å². The quantitative estimate of drug-likeness (QED) is 0.219. The van der Waals surface area contributed by atoms with E-state index in [4.69, 9.17) is 8.51 Å². The molecule has 0 amide bonds. The van der Waals surface area contributed by atoms with E-state index < -0.39 is 21.6 Å². The van der Waals surface area contributed by atoms with Crippen molar-refractivity contribution in [2.45, 2.75) is 51.2 Å². The Morgan fingerprint density at radius 2 is 1.37 bits per heavy atom. The Kier molecular flexibility index (Phi) is 6.03. The van der Waals surface area contributed by atoms with E-state index >= 15 is 0 Å². The number of fused-ring (bicyclic) bond motifs is 2. The van der Waals surface area contributed by atoms with Crippen LogP contribution >= 0.6 is 8.51 Å². The van der Waals surface area contributed by atoms with E-state index in [-0.39, 0.29) is 0 Å². The fraction of sp³-hybridized carbons (Fsp3) is 0.346. The molecular weight excluding hydrogens is 483 g/mol. The van der Waals surface area contributed by atoms with Crippen LogP contribution in [0.25, 0.3) is 12.2 Å². The van der Waals surface area contributed by atoms with Crippen molar-refractivity contribution in [2.24, 2.45) is 0 Å². The summed E-state index contributed by atoms with van der Waals surface area (Å²) in [5.74, 6) is 0. The Morgan fingerprint density at radius 3 is 1.80 bits per heavy atom. The van der Waals surface area contributed by atoms with Crippen LogP contribution in [0.2, 0.25) is 17.2 Å². The summed E-state index contributed by atoms with van der Waals surface area (Å²) in [5.41, 5.74) is 7.58. The van der Waals surface area contributed by atoms with Crippen LogP contribution in [0.5, 0.6) is 0 Å². The number of carbonyl (C=O) groups excluding carboxylic acids is 1. The van der Waals surface area contributed by atoms with Crippen LogP contribution in [-0.2, 0) is 21.0 Å². The van der Waals surface area contributed by atoms with Gasteiger partial charge in [0.1, 0.15) is 0 Å². The van der Waals surface area contributed by atoms with E-state index in [1.807, 2.05) is 0 Å². The Morgan fingerprint density at radius 1 is 0.900 bits per heavy atom. The third kappa shape index (κ3) is 3.15. The van der Waals surface area contributed by atoms with Gasteiger partial charge in [-0.3, -0.25) is 0 Å². The summed E-state index contributed by atoms with van der Waals surface area (Å²) in [6.45, 7) is 9.52. The van der Waals surface area contributed by atoms with Crippen molar-refractivity contribution in [1.29, 1.82) is 0 Å². The van der Waals surface area contributed by atoms with E-state index in [1.165, 1.54) is 33.4 Å². The fourth-order valence-electron chi connectivity index (χ4n) is 6.44. The minimum absolute atomic E-state index is 0.347. The maximum absolute atomic E-state index is 11.3. The molecule has 0 heterocycles. The molecule has 30 heavy (non-hydrogen) atoms. The average molecular weight is 514 g/mol. The number of unbranched alkanes of at least 4 members (excludes halogenated alkanes) is 1. The van der Waals surface area contributed by atoms with E-state index in [0.717, 1.165) is 16.8 Å². The zero-order valence-electron chi connectivity index (χ0n) is 18.4. The monoisotopic (exact) mass is 512 g/mol. The molecule has 2 atom stereocenters. The molecule has 1 nitrogen and oxygen atoms in total. The Hall–Kier alpha value is -1.02. The van der Waals surface area contributed by atoms with Crippen LogP contribution in [0.3, 0.4) is 0 Å². The van der Waals surface area contributed by atoms with E-state index in [1.54, 1.807) is 0 Å². The first kappa shape index (κ1) is 22.2. The summed E-state index contributed by atoms with van der Waals surface area (Å²) in [7, 11) is 8.48. The molecule has 0 saturated carbocycles. The summed E-state index contributed by atoms with van der Waals surface area (Å²) in [4.78, 5) is 11.3.